The quantitative estimate of drug-likeness (QED) is 0.524. The molecular formula is C10H13N3. The zero-order valence-electron chi connectivity index (χ0n) is 7.46. The Kier molecular flexibility index (Phi) is 3.97. The summed E-state index contributed by atoms with van der Waals surface area (Å²) in [5.74, 6) is 5.19. The molecule has 3 heteroatoms. The van der Waals surface area contributed by atoms with E-state index in [0.717, 1.165) is 18.5 Å². The highest BCUT2D eigenvalue weighted by Crippen LogP contribution is 2.09. The standard InChI is InChI=1S/C10H13N3/c11-7-5-9-3-1-2-4-10(9)6-8-13-12/h1-4,13H,5-6,8,12H2. The first-order valence-electron chi connectivity index (χ1n) is 4.25. The van der Waals surface area contributed by atoms with Gasteiger partial charge >= 0.3 is 0 Å². The van der Waals surface area contributed by atoms with Crippen LogP contribution >= 0.6 is 0 Å². The van der Waals surface area contributed by atoms with E-state index in [1.54, 1.807) is 0 Å². The van der Waals surface area contributed by atoms with Crippen molar-refractivity contribution < 1.29 is 0 Å². The molecule has 0 aliphatic heterocycles. The maximum Gasteiger partial charge on any atom is 0.0669 e. The third-order valence-electron chi connectivity index (χ3n) is 1.93. The number of nitrogens with one attached hydrogen (secondary N) is 1. The Morgan fingerprint density at radius 1 is 1.31 bits per heavy atom. The molecule has 0 heterocycles. The van der Waals surface area contributed by atoms with E-state index in [9.17, 15) is 0 Å². The molecule has 0 aliphatic rings. The first-order valence-corrected chi connectivity index (χ1v) is 4.25. The van der Waals surface area contributed by atoms with Gasteiger partial charge < -0.3 is 0 Å². The minimum absolute atomic E-state index is 0.473. The van der Waals surface area contributed by atoms with Crippen molar-refractivity contribution in [1.82, 2.24) is 5.43 Å². The van der Waals surface area contributed by atoms with Gasteiger partial charge in [0, 0.05) is 6.54 Å². The van der Waals surface area contributed by atoms with E-state index in [4.69, 9.17) is 11.1 Å². The topological polar surface area (TPSA) is 61.8 Å². The third kappa shape index (κ3) is 2.86. The van der Waals surface area contributed by atoms with Crippen molar-refractivity contribution >= 4 is 0 Å². The lowest BCUT2D eigenvalue weighted by atomic mass is 10.0. The largest absolute Gasteiger partial charge is 0.271 e. The van der Waals surface area contributed by atoms with Crippen LogP contribution in [0.1, 0.15) is 11.1 Å². The summed E-state index contributed by atoms with van der Waals surface area (Å²) in [5.41, 5.74) is 4.90. The number of hydrogen-bond acceptors (Lipinski definition) is 3. The lowest BCUT2D eigenvalue weighted by molar-refractivity contribution is 0.725. The summed E-state index contributed by atoms with van der Waals surface area (Å²) >= 11 is 0. The van der Waals surface area contributed by atoms with Crippen LogP contribution in [0.2, 0.25) is 0 Å². The van der Waals surface area contributed by atoms with Crippen LogP contribution in [0.5, 0.6) is 0 Å². The van der Waals surface area contributed by atoms with Crippen LogP contribution in [0.25, 0.3) is 0 Å². The van der Waals surface area contributed by atoms with E-state index in [1.807, 2.05) is 24.3 Å². The molecule has 0 amide bonds. The van der Waals surface area contributed by atoms with E-state index in [2.05, 4.69) is 11.5 Å². The van der Waals surface area contributed by atoms with Crippen LogP contribution in [0.4, 0.5) is 0 Å². The summed E-state index contributed by atoms with van der Waals surface area (Å²) in [4.78, 5) is 0. The first-order chi connectivity index (χ1) is 6.38. The van der Waals surface area contributed by atoms with E-state index in [0.29, 0.717) is 6.42 Å². The molecule has 0 unspecified atom stereocenters. The monoisotopic (exact) mass is 175 g/mol. The van der Waals surface area contributed by atoms with Gasteiger partial charge in [0.1, 0.15) is 0 Å². The number of rotatable bonds is 4. The van der Waals surface area contributed by atoms with Gasteiger partial charge in [0.25, 0.3) is 0 Å². The van der Waals surface area contributed by atoms with Gasteiger partial charge in [0.15, 0.2) is 0 Å². The number of hydrogen-bond donors (Lipinski definition) is 2. The second-order valence-electron chi connectivity index (χ2n) is 2.81. The highest BCUT2D eigenvalue weighted by molar-refractivity contribution is 5.29. The van der Waals surface area contributed by atoms with Crippen molar-refractivity contribution in [1.29, 1.82) is 5.26 Å². The van der Waals surface area contributed by atoms with Crippen molar-refractivity contribution in [2.45, 2.75) is 12.8 Å². The van der Waals surface area contributed by atoms with Gasteiger partial charge in [-0.1, -0.05) is 24.3 Å². The maximum atomic E-state index is 8.58. The smallest absolute Gasteiger partial charge is 0.0669 e. The van der Waals surface area contributed by atoms with Crippen molar-refractivity contribution in [3.8, 4) is 6.07 Å². The molecule has 3 N–H and O–H groups in total. The molecule has 0 atom stereocenters. The van der Waals surface area contributed by atoms with Crippen molar-refractivity contribution in [3.05, 3.63) is 35.4 Å². The Morgan fingerprint density at radius 3 is 2.62 bits per heavy atom. The lowest BCUT2D eigenvalue weighted by Gasteiger charge is -2.05. The summed E-state index contributed by atoms with van der Waals surface area (Å²) in [6, 6.07) is 10.1. The minimum Gasteiger partial charge on any atom is -0.271 e. The van der Waals surface area contributed by atoms with Crippen molar-refractivity contribution in [2.75, 3.05) is 6.54 Å². The average molecular weight is 175 g/mol. The fraction of sp³-hybridized carbons (Fsp3) is 0.300. The van der Waals surface area contributed by atoms with Gasteiger partial charge in [0.05, 0.1) is 12.5 Å². The Balaban J connectivity index is 2.73. The fourth-order valence-electron chi connectivity index (χ4n) is 1.27. The summed E-state index contributed by atoms with van der Waals surface area (Å²) in [6.45, 7) is 0.739. The van der Waals surface area contributed by atoms with Crippen molar-refractivity contribution in [2.24, 2.45) is 5.84 Å². The Morgan fingerprint density at radius 2 is 2.00 bits per heavy atom. The highest BCUT2D eigenvalue weighted by Gasteiger charge is 1.99. The molecule has 0 bridgehead atoms. The Labute approximate surface area is 78.1 Å². The Bertz CT molecular complexity index is 301. The molecule has 0 aromatic heterocycles. The van der Waals surface area contributed by atoms with Crippen LogP contribution in [-0.2, 0) is 12.8 Å². The van der Waals surface area contributed by atoms with Crippen LogP contribution in [0.15, 0.2) is 24.3 Å². The van der Waals surface area contributed by atoms with Crippen LogP contribution in [0, 0.1) is 11.3 Å². The van der Waals surface area contributed by atoms with Gasteiger partial charge in [-0.2, -0.15) is 5.26 Å². The molecule has 13 heavy (non-hydrogen) atoms. The van der Waals surface area contributed by atoms with Crippen LogP contribution in [0.3, 0.4) is 0 Å². The minimum atomic E-state index is 0.473. The molecule has 0 spiro atoms. The highest BCUT2D eigenvalue weighted by atomic mass is 15.2. The number of nitriles is 1. The fourth-order valence-corrected chi connectivity index (χ4v) is 1.27. The van der Waals surface area contributed by atoms with E-state index >= 15 is 0 Å². The second-order valence-corrected chi connectivity index (χ2v) is 2.81. The molecule has 0 saturated carbocycles. The normalized spacial score (nSPS) is 9.54. The van der Waals surface area contributed by atoms with Gasteiger partial charge in [-0.25, -0.2) is 0 Å². The van der Waals surface area contributed by atoms with Gasteiger partial charge in [-0.15, -0.1) is 0 Å². The molecular weight excluding hydrogens is 162 g/mol. The molecule has 0 aliphatic carbocycles. The SMILES string of the molecule is N#CCc1ccccc1CCNN. The number of nitrogens with two attached hydrogens (primary N) is 1. The molecule has 1 aromatic rings. The summed E-state index contributed by atoms with van der Waals surface area (Å²) < 4.78 is 0. The van der Waals surface area contributed by atoms with Crippen molar-refractivity contribution in [3.63, 3.8) is 0 Å². The van der Waals surface area contributed by atoms with Gasteiger partial charge in [-0.3, -0.25) is 11.3 Å². The van der Waals surface area contributed by atoms with E-state index in [1.165, 1.54) is 5.56 Å². The maximum absolute atomic E-state index is 8.58. The predicted octanol–water partition coefficient (Wildman–Crippen LogP) is 0.758. The number of nitrogens with zero attached hydrogens (tertiary/aromatic N) is 1. The van der Waals surface area contributed by atoms with Crippen LogP contribution < -0.4 is 11.3 Å². The van der Waals surface area contributed by atoms with E-state index in [-0.39, 0.29) is 0 Å². The molecule has 0 fully saturated rings. The molecule has 3 nitrogen and oxygen atoms in total. The van der Waals surface area contributed by atoms with Gasteiger partial charge in [-0.05, 0) is 17.5 Å². The number of hydrazine groups is 1. The molecule has 0 saturated heterocycles. The van der Waals surface area contributed by atoms with Crippen LogP contribution in [-0.4, -0.2) is 6.54 Å². The molecule has 0 radical (unpaired) electrons. The Hall–Kier alpha value is -1.37. The zero-order valence-corrected chi connectivity index (χ0v) is 7.46. The van der Waals surface area contributed by atoms with Gasteiger partial charge in [0.2, 0.25) is 0 Å². The summed E-state index contributed by atoms with van der Waals surface area (Å²) in [7, 11) is 0. The lowest BCUT2D eigenvalue weighted by Crippen LogP contribution is -2.24. The third-order valence-corrected chi connectivity index (χ3v) is 1.93. The predicted molar refractivity (Wildman–Crippen MR) is 51.7 cm³/mol. The zero-order chi connectivity index (χ0) is 9.52. The van der Waals surface area contributed by atoms with E-state index < -0.39 is 0 Å². The first kappa shape index (κ1) is 9.72. The summed E-state index contributed by atoms with van der Waals surface area (Å²) in [6.07, 6.45) is 1.34. The molecule has 1 rings (SSSR count). The summed E-state index contributed by atoms with van der Waals surface area (Å²) in [5, 5.41) is 8.58. The second kappa shape index (κ2) is 5.31. The molecule has 1 aromatic carbocycles. The molecule has 68 valence electrons. The number of benzene rings is 1. The average Bonchev–Trinajstić information content (AvgIpc) is 2.17.